The molecule has 0 spiro atoms. The van der Waals surface area contributed by atoms with Crippen LogP contribution in [0.25, 0.3) is 0 Å². The maximum Gasteiger partial charge on any atom is 0.117 e. The lowest BCUT2D eigenvalue weighted by Gasteiger charge is -2.26. The minimum atomic E-state index is 0.240. The second kappa shape index (κ2) is 6.83. The van der Waals surface area contributed by atoms with Gasteiger partial charge >= 0.3 is 0 Å². The molecule has 3 N–H and O–H groups in total. The van der Waals surface area contributed by atoms with Gasteiger partial charge in [-0.3, -0.25) is 0 Å². The van der Waals surface area contributed by atoms with Crippen LogP contribution in [0.15, 0.2) is 47.4 Å². The van der Waals surface area contributed by atoms with Crippen molar-refractivity contribution >= 4 is 40.3 Å². The number of nitrogens with two attached hydrogens (primary N) is 1. The first-order valence-corrected chi connectivity index (χ1v) is 8.25. The van der Waals surface area contributed by atoms with E-state index < -0.39 is 0 Å². The average Bonchev–Trinajstić information content (AvgIpc) is 2.47. The smallest absolute Gasteiger partial charge is 0.117 e. The minimum Gasteiger partial charge on any atom is -0.508 e. The second-order valence-electron chi connectivity index (χ2n) is 4.48. The lowest BCUT2D eigenvalue weighted by molar-refractivity contribution is 0.475. The summed E-state index contributed by atoms with van der Waals surface area (Å²) in [5, 5.41) is 9.70. The zero-order chi connectivity index (χ0) is 15.4. The molecule has 0 radical (unpaired) electrons. The summed E-state index contributed by atoms with van der Waals surface area (Å²) in [6, 6.07) is 13.2. The van der Waals surface area contributed by atoms with Crippen molar-refractivity contribution in [1.29, 1.82) is 0 Å². The Balaban J connectivity index is 2.60. The molecule has 0 atom stereocenters. The van der Waals surface area contributed by atoms with Crippen LogP contribution < -0.4 is 10.6 Å². The highest BCUT2D eigenvalue weighted by Crippen LogP contribution is 2.34. The zero-order valence-electron chi connectivity index (χ0n) is 12.0. The summed E-state index contributed by atoms with van der Waals surface area (Å²) in [5.74, 6) is 0.240. The number of thioether (sulfide) groups is 1. The van der Waals surface area contributed by atoms with Gasteiger partial charge in [0.25, 0.3) is 0 Å². The number of rotatable bonds is 5. The maximum absolute atomic E-state index is 9.70. The van der Waals surface area contributed by atoms with Crippen molar-refractivity contribution in [3.05, 3.63) is 48.0 Å². The first-order chi connectivity index (χ1) is 10.1. The molecule has 0 bridgehead atoms. The van der Waals surface area contributed by atoms with E-state index in [1.807, 2.05) is 36.6 Å². The topological polar surface area (TPSA) is 49.5 Å². The van der Waals surface area contributed by atoms with Gasteiger partial charge in [0.15, 0.2) is 0 Å². The van der Waals surface area contributed by atoms with Gasteiger partial charge < -0.3 is 15.7 Å². The largest absolute Gasteiger partial charge is 0.508 e. The Kier molecular flexibility index (Phi) is 5.09. The Morgan fingerprint density at radius 2 is 2.00 bits per heavy atom. The van der Waals surface area contributed by atoms with Crippen molar-refractivity contribution in [3.63, 3.8) is 0 Å². The first-order valence-electron chi connectivity index (χ1n) is 6.61. The molecule has 0 saturated heterocycles. The Morgan fingerprint density at radius 3 is 2.57 bits per heavy atom. The van der Waals surface area contributed by atoms with Crippen molar-refractivity contribution in [3.8, 4) is 5.75 Å². The Labute approximate surface area is 134 Å². The van der Waals surface area contributed by atoms with Gasteiger partial charge in [-0.25, -0.2) is 0 Å². The summed E-state index contributed by atoms with van der Waals surface area (Å²) in [6.07, 6.45) is 2.01. The van der Waals surface area contributed by atoms with Crippen LogP contribution in [-0.4, -0.2) is 22.9 Å². The standard InChI is InChI=1S/C16H18N2OS2/c1-3-18(11-6-4-7-12(19)10-11)13-8-5-9-14(21-2)15(13)16(17)20/h4-10,19H,3H2,1-2H3,(H2,17,20). The van der Waals surface area contributed by atoms with E-state index in [2.05, 4.69) is 11.8 Å². The van der Waals surface area contributed by atoms with Crippen LogP contribution in [0.5, 0.6) is 5.75 Å². The molecule has 0 heterocycles. The van der Waals surface area contributed by atoms with Gasteiger partial charge in [-0.2, -0.15) is 0 Å². The molecule has 21 heavy (non-hydrogen) atoms. The average molecular weight is 318 g/mol. The number of benzene rings is 2. The molecule has 0 aromatic heterocycles. The summed E-state index contributed by atoms with van der Waals surface area (Å²) in [4.78, 5) is 3.53. The highest BCUT2D eigenvalue weighted by molar-refractivity contribution is 7.98. The van der Waals surface area contributed by atoms with Crippen LogP contribution in [0.3, 0.4) is 0 Å². The van der Waals surface area contributed by atoms with Crippen LogP contribution in [0.1, 0.15) is 12.5 Å². The molecule has 0 amide bonds. The maximum atomic E-state index is 9.70. The van der Waals surface area contributed by atoms with Crippen LogP contribution in [-0.2, 0) is 0 Å². The Morgan fingerprint density at radius 1 is 1.29 bits per heavy atom. The van der Waals surface area contributed by atoms with Crippen molar-refractivity contribution in [2.24, 2.45) is 5.73 Å². The van der Waals surface area contributed by atoms with Gasteiger partial charge in [-0.15, -0.1) is 11.8 Å². The number of nitrogens with zero attached hydrogens (tertiary/aromatic N) is 1. The van der Waals surface area contributed by atoms with E-state index in [-0.39, 0.29) is 5.75 Å². The van der Waals surface area contributed by atoms with E-state index in [9.17, 15) is 5.11 Å². The highest BCUT2D eigenvalue weighted by Gasteiger charge is 2.16. The molecule has 110 valence electrons. The first kappa shape index (κ1) is 15.7. The van der Waals surface area contributed by atoms with Crippen molar-refractivity contribution in [2.75, 3.05) is 17.7 Å². The number of hydrogen-bond acceptors (Lipinski definition) is 4. The lowest BCUT2D eigenvalue weighted by Crippen LogP contribution is -2.22. The summed E-state index contributed by atoms with van der Waals surface area (Å²) in [5.41, 5.74) is 8.68. The third kappa shape index (κ3) is 3.31. The zero-order valence-corrected chi connectivity index (χ0v) is 13.7. The van der Waals surface area contributed by atoms with E-state index in [1.165, 1.54) is 0 Å². The fraction of sp³-hybridized carbons (Fsp3) is 0.188. The van der Waals surface area contributed by atoms with Crippen LogP contribution in [0.4, 0.5) is 11.4 Å². The van der Waals surface area contributed by atoms with Gasteiger partial charge in [0.2, 0.25) is 0 Å². The minimum absolute atomic E-state index is 0.240. The quantitative estimate of drug-likeness (QED) is 0.647. The molecule has 0 saturated carbocycles. The fourth-order valence-corrected chi connectivity index (χ4v) is 3.23. The molecule has 2 aromatic carbocycles. The van der Waals surface area contributed by atoms with E-state index in [0.29, 0.717) is 4.99 Å². The monoisotopic (exact) mass is 318 g/mol. The van der Waals surface area contributed by atoms with Crippen LogP contribution in [0.2, 0.25) is 0 Å². The molecule has 3 nitrogen and oxygen atoms in total. The SMILES string of the molecule is CCN(c1cccc(O)c1)c1cccc(SC)c1C(N)=S. The highest BCUT2D eigenvalue weighted by atomic mass is 32.2. The Bertz CT molecular complexity index is 658. The number of hydrogen-bond donors (Lipinski definition) is 2. The van der Waals surface area contributed by atoms with E-state index in [0.717, 1.165) is 28.4 Å². The Hall–Kier alpha value is -1.72. The van der Waals surface area contributed by atoms with Gasteiger partial charge in [0, 0.05) is 28.8 Å². The van der Waals surface area contributed by atoms with Crippen molar-refractivity contribution < 1.29 is 5.11 Å². The van der Waals surface area contributed by atoms with Crippen LogP contribution in [0, 0.1) is 0 Å². The molecule has 0 aliphatic heterocycles. The molecule has 0 unspecified atom stereocenters. The molecular weight excluding hydrogens is 300 g/mol. The number of aromatic hydroxyl groups is 1. The summed E-state index contributed by atoms with van der Waals surface area (Å²) in [6.45, 7) is 2.80. The third-order valence-electron chi connectivity index (χ3n) is 3.22. The number of phenolic OH excluding ortho intramolecular Hbond substituents is 1. The fourth-order valence-electron chi connectivity index (χ4n) is 2.32. The molecule has 2 aromatic rings. The van der Waals surface area contributed by atoms with Crippen LogP contribution >= 0.6 is 24.0 Å². The molecule has 5 heteroatoms. The van der Waals surface area contributed by atoms with Gasteiger partial charge in [0.05, 0.1) is 5.69 Å². The second-order valence-corrected chi connectivity index (χ2v) is 5.77. The van der Waals surface area contributed by atoms with E-state index in [4.69, 9.17) is 18.0 Å². The molecule has 0 aliphatic rings. The number of anilines is 2. The summed E-state index contributed by atoms with van der Waals surface area (Å²) < 4.78 is 0. The molecule has 0 aliphatic carbocycles. The molecular formula is C16H18N2OS2. The summed E-state index contributed by atoms with van der Waals surface area (Å²) >= 11 is 6.86. The van der Waals surface area contributed by atoms with Gasteiger partial charge in [-0.1, -0.05) is 24.4 Å². The molecule has 2 rings (SSSR count). The predicted octanol–water partition coefficient (Wildman–Crippen LogP) is 3.91. The predicted molar refractivity (Wildman–Crippen MR) is 94.9 cm³/mol. The summed E-state index contributed by atoms with van der Waals surface area (Å²) in [7, 11) is 0. The van der Waals surface area contributed by atoms with E-state index in [1.54, 1.807) is 23.9 Å². The normalized spacial score (nSPS) is 10.4. The van der Waals surface area contributed by atoms with Crippen molar-refractivity contribution in [1.82, 2.24) is 0 Å². The number of thiocarbonyl (C=S) groups is 1. The third-order valence-corrected chi connectivity index (χ3v) is 4.20. The van der Waals surface area contributed by atoms with E-state index >= 15 is 0 Å². The van der Waals surface area contributed by atoms with Gasteiger partial charge in [0.1, 0.15) is 10.7 Å². The lowest BCUT2D eigenvalue weighted by atomic mass is 10.1. The van der Waals surface area contributed by atoms with Crippen molar-refractivity contribution in [2.45, 2.75) is 11.8 Å². The molecule has 0 fully saturated rings. The number of phenols is 1. The van der Waals surface area contributed by atoms with Gasteiger partial charge in [-0.05, 0) is 37.4 Å².